The molecular formula is C13H15ClOS. The molecule has 16 heavy (non-hydrogen) atoms. The van der Waals surface area contributed by atoms with Crippen molar-refractivity contribution in [2.45, 2.75) is 18.7 Å². The minimum Gasteiger partial charge on any atom is -0.295 e. The molecule has 0 bridgehead atoms. The molecule has 0 saturated carbocycles. The topological polar surface area (TPSA) is 17.1 Å². The minimum absolute atomic E-state index is 0.0969. The van der Waals surface area contributed by atoms with Gasteiger partial charge in [0.25, 0.3) is 0 Å². The monoisotopic (exact) mass is 254 g/mol. The maximum Gasteiger partial charge on any atom is 0.152 e. The smallest absolute Gasteiger partial charge is 0.152 e. The lowest BCUT2D eigenvalue weighted by molar-refractivity contribution is -0.112. The summed E-state index contributed by atoms with van der Waals surface area (Å²) in [6.45, 7) is 3.66. The van der Waals surface area contributed by atoms with E-state index in [1.807, 2.05) is 30.3 Å². The van der Waals surface area contributed by atoms with Crippen LogP contribution >= 0.6 is 23.4 Å². The largest absolute Gasteiger partial charge is 0.295 e. The average Bonchev–Trinajstić information content (AvgIpc) is 2.23. The summed E-state index contributed by atoms with van der Waals surface area (Å²) in [6.07, 6.45) is 3.57. The Kier molecular flexibility index (Phi) is 5.64. The van der Waals surface area contributed by atoms with Gasteiger partial charge < -0.3 is 0 Å². The van der Waals surface area contributed by atoms with Crippen molar-refractivity contribution in [3.05, 3.63) is 41.4 Å². The fraction of sp³-hybridized carbons (Fsp3) is 0.308. The van der Waals surface area contributed by atoms with Crippen molar-refractivity contribution in [2.24, 2.45) is 5.92 Å². The normalized spacial score (nSPS) is 12.9. The number of rotatable bonds is 5. The van der Waals surface area contributed by atoms with E-state index in [2.05, 4.69) is 6.92 Å². The third kappa shape index (κ3) is 5.38. The average molecular weight is 255 g/mol. The van der Waals surface area contributed by atoms with Crippen molar-refractivity contribution in [1.29, 1.82) is 0 Å². The van der Waals surface area contributed by atoms with Crippen LogP contribution in [0.4, 0.5) is 0 Å². The Labute approximate surface area is 106 Å². The summed E-state index contributed by atoms with van der Waals surface area (Å²) in [5.74, 6) is 1.43. The van der Waals surface area contributed by atoms with Crippen LogP contribution in [0.5, 0.6) is 0 Å². The van der Waals surface area contributed by atoms with E-state index in [9.17, 15) is 4.79 Å². The molecule has 0 radical (unpaired) electrons. The third-order valence-electron chi connectivity index (χ3n) is 1.97. The van der Waals surface area contributed by atoms with Crippen LogP contribution in [0.15, 0.2) is 41.3 Å². The number of carbonyl (C=O) groups is 1. The van der Waals surface area contributed by atoms with Crippen molar-refractivity contribution in [3.8, 4) is 0 Å². The Morgan fingerprint density at radius 2 is 2.31 bits per heavy atom. The van der Waals surface area contributed by atoms with Gasteiger partial charge in [0, 0.05) is 15.7 Å². The van der Waals surface area contributed by atoms with Crippen molar-refractivity contribution >= 4 is 29.1 Å². The highest BCUT2D eigenvalue weighted by Crippen LogP contribution is 2.23. The first kappa shape index (κ1) is 13.3. The highest BCUT2D eigenvalue weighted by Gasteiger charge is 2.00. The first-order chi connectivity index (χ1) is 7.58. The molecule has 1 aromatic rings. The lowest BCUT2D eigenvalue weighted by Gasteiger charge is -2.05. The van der Waals surface area contributed by atoms with Gasteiger partial charge in [0.1, 0.15) is 0 Å². The van der Waals surface area contributed by atoms with Gasteiger partial charge >= 0.3 is 0 Å². The number of ketones is 1. The molecule has 0 fully saturated rings. The van der Waals surface area contributed by atoms with Crippen LogP contribution in [0.2, 0.25) is 5.02 Å². The summed E-state index contributed by atoms with van der Waals surface area (Å²) in [6, 6.07) is 7.80. The van der Waals surface area contributed by atoms with E-state index >= 15 is 0 Å². The molecule has 1 aromatic carbocycles. The van der Waals surface area contributed by atoms with Crippen molar-refractivity contribution < 1.29 is 4.79 Å². The van der Waals surface area contributed by atoms with E-state index in [-0.39, 0.29) is 5.78 Å². The predicted octanol–water partition coefficient (Wildman–Crippen LogP) is 4.21. The minimum atomic E-state index is 0.0969. The molecule has 0 spiro atoms. The summed E-state index contributed by atoms with van der Waals surface area (Å²) in [7, 11) is 0. The molecule has 0 saturated heterocycles. The number of hydrogen-bond acceptors (Lipinski definition) is 2. The van der Waals surface area contributed by atoms with Crippen molar-refractivity contribution in [3.63, 3.8) is 0 Å². The lowest BCUT2D eigenvalue weighted by atomic mass is 10.2. The molecule has 86 valence electrons. The predicted molar refractivity (Wildman–Crippen MR) is 71.2 cm³/mol. The molecule has 1 rings (SSSR count). The van der Waals surface area contributed by atoms with Crippen LogP contribution in [0.3, 0.4) is 0 Å². The second kappa shape index (κ2) is 6.77. The fourth-order valence-electron chi connectivity index (χ4n) is 1.14. The Morgan fingerprint density at radius 1 is 1.56 bits per heavy atom. The summed E-state index contributed by atoms with van der Waals surface area (Å²) in [4.78, 5) is 11.9. The van der Waals surface area contributed by atoms with Crippen LogP contribution in [0.25, 0.3) is 0 Å². The van der Waals surface area contributed by atoms with Gasteiger partial charge in [0.2, 0.25) is 0 Å². The first-order valence-electron chi connectivity index (χ1n) is 5.15. The molecule has 0 aliphatic heterocycles. The SMILES string of the molecule is CC(=O)/C=C/C(C)CSc1cccc(Cl)c1. The molecule has 0 aliphatic carbocycles. The summed E-state index contributed by atoms with van der Waals surface area (Å²) >= 11 is 7.64. The zero-order chi connectivity index (χ0) is 12.0. The molecule has 0 heterocycles. The van der Waals surface area contributed by atoms with Gasteiger partial charge in [0.05, 0.1) is 0 Å². The Hall–Kier alpha value is -0.730. The van der Waals surface area contributed by atoms with Crippen LogP contribution in [0.1, 0.15) is 13.8 Å². The summed E-state index contributed by atoms with van der Waals surface area (Å²) < 4.78 is 0. The zero-order valence-corrected chi connectivity index (χ0v) is 11.0. The zero-order valence-electron chi connectivity index (χ0n) is 9.44. The van der Waals surface area contributed by atoms with Gasteiger partial charge in [-0.25, -0.2) is 0 Å². The van der Waals surface area contributed by atoms with Gasteiger partial charge in [-0.1, -0.05) is 30.7 Å². The molecule has 1 atom stereocenters. The van der Waals surface area contributed by atoms with E-state index < -0.39 is 0 Å². The number of carbonyl (C=O) groups excluding carboxylic acids is 1. The lowest BCUT2D eigenvalue weighted by Crippen LogP contribution is -1.94. The maximum absolute atomic E-state index is 10.8. The van der Waals surface area contributed by atoms with E-state index in [1.165, 1.54) is 0 Å². The summed E-state index contributed by atoms with van der Waals surface area (Å²) in [5.41, 5.74) is 0. The highest BCUT2D eigenvalue weighted by atomic mass is 35.5. The number of benzene rings is 1. The number of thioether (sulfide) groups is 1. The van der Waals surface area contributed by atoms with Crippen LogP contribution in [0, 0.1) is 5.92 Å². The van der Waals surface area contributed by atoms with Crippen LogP contribution in [-0.4, -0.2) is 11.5 Å². The highest BCUT2D eigenvalue weighted by molar-refractivity contribution is 7.99. The first-order valence-corrected chi connectivity index (χ1v) is 6.51. The molecule has 0 N–H and O–H groups in total. The Morgan fingerprint density at radius 3 is 2.94 bits per heavy atom. The third-order valence-corrected chi connectivity index (χ3v) is 3.48. The number of allylic oxidation sites excluding steroid dienone is 2. The second-order valence-corrected chi connectivity index (χ2v) is 5.25. The van der Waals surface area contributed by atoms with Gasteiger partial charge in [-0.2, -0.15) is 0 Å². The fourth-order valence-corrected chi connectivity index (χ4v) is 2.35. The van der Waals surface area contributed by atoms with Crippen LogP contribution < -0.4 is 0 Å². The molecule has 1 nitrogen and oxygen atoms in total. The second-order valence-electron chi connectivity index (χ2n) is 3.72. The number of halogens is 1. The van der Waals surface area contributed by atoms with E-state index in [0.29, 0.717) is 5.92 Å². The van der Waals surface area contributed by atoms with E-state index in [1.54, 1.807) is 24.8 Å². The molecule has 0 amide bonds. The van der Waals surface area contributed by atoms with E-state index in [4.69, 9.17) is 11.6 Å². The van der Waals surface area contributed by atoms with Gasteiger partial charge in [-0.05, 0) is 37.1 Å². The van der Waals surface area contributed by atoms with Crippen molar-refractivity contribution in [2.75, 3.05) is 5.75 Å². The maximum atomic E-state index is 10.8. The standard InChI is InChI=1S/C13H15ClOS/c1-10(6-7-11(2)15)9-16-13-5-3-4-12(14)8-13/h3-8,10H,9H2,1-2H3/b7-6+. The van der Waals surface area contributed by atoms with Crippen molar-refractivity contribution in [1.82, 2.24) is 0 Å². The molecular weight excluding hydrogens is 240 g/mol. The van der Waals surface area contributed by atoms with E-state index in [0.717, 1.165) is 15.7 Å². The quantitative estimate of drug-likeness (QED) is 0.578. The molecule has 3 heteroatoms. The summed E-state index contributed by atoms with van der Waals surface area (Å²) in [5, 5.41) is 0.761. The van der Waals surface area contributed by atoms with Gasteiger partial charge in [0.15, 0.2) is 5.78 Å². The molecule has 0 aliphatic rings. The van der Waals surface area contributed by atoms with Crippen LogP contribution in [-0.2, 0) is 4.79 Å². The van der Waals surface area contributed by atoms with Gasteiger partial charge in [-0.15, -0.1) is 11.8 Å². The Balaban J connectivity index is 2.42. The van der Waals surface area contributed by atoms with Gasteiger partial charge in [-0.3, -0.25) is 4.79 Å². The Bertz CT molecular complexity index is 387. The number of hydrogen-bond donors (Lipinski definition) is 0. The molecule has 0 aromatic heterocycles. The molecule has 1 unspecified atom stereocenters.